The molecule has 178 valence electrons. The highest BCUT2D eigenvalue weighted by molar-refractivity contribution is 5.96. The highest BCUT2D eigenvalue weighted by Crippen LogP contribution is 2.37. The van der Waals surface area contributed by atoms with E-state index in [1.807, 2.05) is 56.3 Å². The monoisotopic (exact) mass is 463 g/mol. The van der Waals surface area contributed by atoms with Crippen molar-refractivity contribution in [3.05, 3.63) is 71.0 Å². The van der Waals surface area contributed by atoms with Crippen LogP contribution in [0.5, 0.6) is 5.75 Å². The number of carbonyl (C=O) groups excluding carboxylic acids is 1. The van der Waals surface area contributed by atoms with Crippen molar-refractivity contribution in [2.45, 2.75) is 26.5 Å². The Hall–Kier alpha value is -3.26. The fourth-order valence-electron chi connectivity index (χ4n) is 4.40. The first-order valence-corrected chi connectivity index (χ1v) is 11.3. The summed E-state index contributed by atoms with van der Waals surface area (Å²) >= 11 is 0. The second kappa shape index (κ2) is 10.3. The SMILES string of the molecule is COc1cc(-c2cccc(-c3cccc(NC(=O)C4CNCCO4)c3C)c2C)cc(F)c1CN. The Morgan fingerprint density at radius 2 is 1.85 bits per heavy atom. The molecule has 1 aliphatic rings. The molecule has 0 aromatic heterocycles. The molecule has 0 bridgehead atoms. The maximum Gasteiger partial charge on any atom is 0.254 e. The maximum absolute atomic E-state index is 14.7. The van der Waals surface area contributed by atoms with Gasteiger partial charge in [-0.2, -0.15) is 0 Å². The van der Waals surface area contributed by atoms with Crippen molar-refractivity contribution in [1.29, 1.82) is 0 Å². The summed E-state index contributed by atoms with van der Waals surface area (Å²) in [6, 6.07) is 15.1. The molecule has 4 rings (SSSR count). The number of hydrogen-bond donors (Lipinski definition) is 3. The summed E-state index contributed by atoms with van der Waals surface area (Å²) in [6.07, 6.45) is -0.511. The molecule has 1 fully saturated rings. The van der Waals surface area contributed by atoms with Gasteiger partial charge in [0.15, 0.2) is 0 Å². The number of carbonyl (C=O) groups is 1. The van der Waals surface area contributed by atoms with Crippen molar-refractivity contribution in [2.75, 3.05) is 32.1 Å². The van der Waals surface area contributed by atoms with Crippen LogP contribution in [-0.2, 0) is 16.1 Å². The minimum atomic E-state index is -0.511. The van der Waals surface area contributed by atoms with E-state index in [-0.39, 0.29) is 18.3 Å². The molecule has 1 heterocycles. The second-order valence-electron chi connectivity index (χ2n) is 8.35. The number of ether oxygens (including phenoxy) is 2. The summed E-state index contributed by atoms with van der Waals surface area (Å²) in [6.45, 7) is 5.82. The van der Waals surface area contributed by atoms with E-state index in [0.29, 0.717) is 24.5 Å². The van der Waals surface area contributed by atoms with E-state index >= 15 is 0 Å². The van der Waals surface area contributed by atoms with Gasteiger partial charge in [0.1, 0.15) is 17.7 Å². The summed E-state index contributed by atoms with van der Waals surface area (Å²) in [5.74, 6) is -0.120. The summed E-state index contributed by atoms with van der Waals surface area (Å²) in [4.78, 5) is 12.7. The van der Waals surface area contributed by atoms with Crippen LogP contribution < -0.4 is 21.1 Å². The summed E-state index contributed by atoms with van der Waals surface area (Å²) < 4.78 is 25.7. The van der Waals surface area contributed by atoms with Gasteiger partial charge < -0.3 is 25.8 Å². The quantitative estimate of drug-likeness (QED) is 0.511. The second-order valence-corrected chi connectivity index (χ2v) is 8.35. The van der Waals surface area contributed by atoms with Crippen molar-refractivity contribution in [2.24, 2.45) is 5.73 Å². The smallest absolute Gasteiger partial charge is 0.254 e. The lowest BCUT2D eigenvalue weighted by Gasteiger charge is -2.23. The van der Waals surface area contributed by atoms with Crippen LogP contribution in [0.1, 0.15) is 16.7 Å². The Labute approximate surface area is 199 Å². The van der Waals surface area contributed by atoms with Gasteiger partial charge in [-0.1, -0.05) is 30.3 Å². The van der Waals surface area contributed by atoms with Crippen molar-refractivity contribution in [3.63, 3.8) is 0 Å². The fourth-order valence-corrected chi connectivity index (χ4v) is 4.40. The third-order valence-electron chi connectivity index (χ3n) is 6.33. The number of nitrogens with two attached hydrogens (primary N) is 1. The lowest BCUT2D eigenvalue weighted by molar-refractivity contribution is -0.128. The van der Waals surface area contributed by atoms with E-state index in [4.69, 9.17) is 15.2 Å². The highest BCUT2D eigenvalue weighted by Gasteiger charge is 2.23. The predicted octanol–water partition coefficient (Wildman–Crippen LogP) is 4.17. The molecule has 7 heteroatoms. The molecule has 0 aliphatic carbocycles. The Kier molecular flexibility index (Phi) is 7.26. The Balaban J connectivity index is 1.70. The molecule has 4 N–H and O–H groups in total. The number of halogens is 1. The normalized spacial score (nSPS) is 15.7. The number of nitrogens with one attached hydrogen (secondary N) is 2. The van der Waals surface area contributed by atoms with Gasteiger partial charge in [-0.3, -0.25) is 4.79 Å². The summed E-state index contributed by atoms with van der Waals surface area (Å²) in [5, 5.41) is 6.18. The fraction of sp³-hybridized carbons (Fsp3) is 0.296. The molecule has 1 aliphatic heterocycles. The maximum atomic E-state index is 14.7. The van der Waals surface area contributed by atoms with Crippen LogP contribution in [0, 0.1) is 19.7 Å². The minimum absolute atomic E-state index is 0.0635. The molecule has 1 saturated heterocycles. The van der Waals surface area contributed by atoms with Crippen LogP contribution in [0.3, 0.4) is 0 Å². The Morgan fingerprint density at radius 1 is 1.15 bits per heavy atom. The number of amides is 1. The van der Waals surface area contributed by atoms with E-state index < -0.39 is 6.10 Å². The van der Waals surface area contributed by atoms with E-state index in [1.165, 1.54) is 13.2 Å². The predicted molar refractivity (Wildman–Crippen MR) is 132 cm³/mol. The van der Waals surface area contributed by atoms with E-state index in [0.717, 1.165) is 45.6 Å². The van der Waals surface area contributed by atoms with Gasteiger partial charge in [-0.25, -0.2) is 4.39 Å². The lowest BCUT2D eigenvalue weighted by Crippen LogP contribution is -2.45. The van der Waals surface area contributed by atoms with Crippen molar-refractivity contribution >= 4 is 11.6 Å². The third kappa shape index (κ3) is 4.68. The number of anilines is 1. The molecule has 3 aromatic carbocycles. The number of hydrogen-bond acceptors (Lipinski definition) is 5. The molecule has 3 aromatic rings. The van der Waals surface area contributed by atoms with Gasteiger partial charge in [-0.15, -0.1) is 0 Å². The zero-order valence-electron chi connectivity index (χ0n) is 19.7. The van der Waals surface area contributed by atoms with Crippen LogP contribution in [0.2, 0.25) is 0 Å². The number of benzene rings is 3. The average molecular weight is 464 g/mol. The first kappa shape index (κ1) is 23.9. The minimum Gasteiger partial charge on any atom is -0.496 e. The molecule has 34 heavy (non-hydrogen) atoms. The molecular formula is C27H30FN3O3. The van der Waals surface area contributed by atoms with E-state index in [2.05, 4.69) is 10.6 Å². The highest BCUT2D eigenvalue weighted by atomic mass is 19.1. The van der Waals surface area contributed by atoms with Gasteiger partial charge >= 0.3 is 0 Å². The molecule has 0 radical (unpaired) electrons. The zero-order valence-corrected chi connectivity index (χ0v) is 19.7. The van der Waals surface area contributed by atoms with Crippen LogP contribution in [0.4, 0.5) is 10.1 Å². The Morgan fingerprint density at radius 3 is 2.53 bits per heavy atom. The lowest BCUT2D eigenvalue weighted by atomic mass is 9.90. The molecule has 1 atom stereocenters. The van der Waals surface area contributed by atoms with Gasteiger partial charge in [0.25, 0.3) is 5.91 Å². The first-order valence-electron chi connectivity index (χ1n) is 11.3. The van der Waals surface area contributed by atoms with Crippen LogP contribution >= 0.6 is 0 Å². The number of methoxy groups -OCH3 is 1. The van der Waals surface area contributed by atoms with Crippen LogP contribution in [0.25, 0.3) is 22.3 Å². The van der Waals surface area contributed by atoms with Gasteiger partial charge in [0.2, 0.25) is 0 Å². The Bertz CT molecular complexity index is 1210. The average Bonchev–Trinajstić information content (AvgIpc) is 2.85. The largest absolute Gasteiger partial charge is 0.496 e. The molecule has 1 unspecified atom stereocenters. The van der Waals surface area contributed by atoms with E-state index in [9.17, 15) is 9.18 Å². The molecule has 1 amide bonds. The molecule has 0 saturated carbocycles. The van der Waals surface area contributed by atoms with Gasteiger partial charge in [0, 0.05) is 30.9 Å². The van der Waals surface area contributed by atoms with Crippen molar-refractivity contribution in [3.8, 4) is 28.0 Å². The van der Waals surface area contributed by atoms with Crippen molar-refractivity contribution in [1.82, 2.24) is 5.32 Å². The molecule has 6 nitrogen and oxygen atoms in total. The number of rotatable bonds is 6. The van der Waals surface area contributed by atoms with E-state index in [1.54, 1.807) is 0 Å². The number of morpholine rings is 1. The van der Waals surface area contributed by atoms with Gasteiger partial charge in [-0.05, 0) is 65.4 Å². The first-order chi connectivity index (χ1) is 16.4. The standard InChI is InChI=1S/C27H30FN3O3/c1-16-19(18-12-23(28)22(14-29)25(13-18)33-3)6-4-7-20(16)21-8-5-9-24(17(21)2)31-27(32)26-15-30-10-11-34-26/h4-9,12-13,26,30H,10-11,14-15,29H2,1-3H3,(H,31,32). The topological polar surface area (TPSA) is 85.6 Å². The van der Waals surface area contributed by atoms with Crippen molar-refractivity contribution < 1.29 is 18.7 Å². The van der Waals surface area contributed by atoms with Crippen LogP contribution in [0.15, 0.2) is 48.5 Å². The third-order valence-corrected chi connectivity index (χ3v) is 6.33. The molecular weight excluding hydrogens is 433 g/mol. The van der Waals surface area contributed by atoms with Gasteiger partial charge in [0.05, 0.1) is 13.7 Å². The summed E-state index contributed by atoms with van der Waals surface area (Å²) in [5.41, 5.74) is 12.3. The molecule has 0 spiro atoms. The summed E-state index contributed by atoms with van der Waals surface area (Å²) in [7, 11) is 1.51. The van der Waals surface area contributed by atoms with Crippen LogP contribution in [-0.4, -0.2) is 38.8 Å². The zero-order chi connectivity index (χ0) is 24.2.